The SMILES string of the molecule is COC(=O)C1CCN(C(=O)CN2C(=O)N[C@@](C)(c3ccccc3F)C2=O)CC1. The smallest absolute Gasteiger partial charge is 0.325 e. The van der Waals surface area contributed by atoms with Gasteiger partial charge in [-0.25, -0.2) is 9.18 Å². The van der Waals surface area contributed by atoms with Gasteiger partial charge < -0.3 is 15.0 Å². The highest BCUT2D eigenvalue weighted by molar-refractivity contribution is 6.09. The Hall–Kier alpha value is -2.97. The molecule has 0 aliphatic carbocycles. The maximum absolute atomic E-state index is 14.2. The Morgan fingerprint density at radius 2 is 1.89 bits per heavy atom. The summed E-state index contributed by atoms with van der Waals surface area (Å²) in [6, 6.07) is 4.95. The van der Waals surface area contributed by atoms with Gasteiger partial charge in [-0.05, 0) is 25.8 Å². The average molecular weight is 391 g/mol. The first kappa shape index (κ1) is 19.8. The molecule has 0 spiro atoms. The molecule has 150 valence electrons. The summed E-state index contributed by atoms with van der Waals surface area (Å²) in [5, 5.41) is 2.49. The molecule has 28 heavy (non-hydrogen) atoms. The van der Waals surface area contributed by atoms with Crippen molar-refractivity contribution in [1.29, 1.82) is 0 Å². The fraction of sp³-hybridized carbons (Fsp3) is 0.474. The van der Waals surface area contributed by atoms with Crippen molar-refractivity contribution in [3.05, 3.63) is 35.6 Å². The predicted octanol–water partition coefficient (Wildman–Crippen LogP) is 1.00. The topological polar surface area (TPSA) is 96.0 Å². The molecule has 1 N–H and O–H groups in total. The lowest BCUT2D eigenvalue weighted by molar-refractivity contribution is -0.149. The highest BCUT2D eigenvalue weighted by Crippen LogP contribution is 2.30. The monoisotopic (exact) mass is 391 g/mol. The maximum Gasteiger partial charge on any atom is 0.325 e. The summed E-state index contributed by atoms with van der Waals surface area (Å²) in [5.74, 6) is -2.25. The Kier molecular flexibility index (Phi) is 5.35. The summed E-state index contributed by atoms with van der Waals surface area (Å²) in [4.78, 5) is 51.6. The van der Waals surface area contributed by atoms with E-state index in [1.54, 1.807) is 6.07 Å². The highest BCUT2D eigenvalue weighted by Gasteiger charge is 2.51. The molecule has 0 unspecified atom stereocenters. The number of urea groups is 1. The molecular weight excluding hydrogens is 369 g/mol. The zero-order chi connectivity index (χ0) is 20.5. The Bertz CT molecular complexity index is 822. The van der Waals surface area contributed by atoms with Crippen molar-refractivity contribution in [2.45, 2.75) is 25.3 Å². The van der Waals surface area contributed by atoms with E-state index in [1.165, 1.54) is 37.1 Å². The first-order valence-corrected chi connectivity index (χ1v) is 9.02. The summed E-state index contributed by atoms with van der Waals surface area (Å²) in [6.07, 6.45) is 0.928. The van der Waals surface area contributed by atoms with Crippen LogP contribution < -0.4 is 5.32 Å². The molecule has 0 radical (unpaired) electrons. The van der Waals surface area contributed by atoms with E-state index in [4.69, 9.17) is 4.74 Å². The molecule has 0 bridgehead atoms. The van der Waals surface area contributed by atoms with Crippen LogP contribution in [0.4, 0.5) is 9.18 Å². The second-order valence-electron chi connectivity index (χ2n) is 7.10. The summed E-state index contributed by atoms with van der Waals surface area (Å²) in [6.45, 7) is 1.66. The minimum absolute atomic E-state index is 0.0437. The predicted molar refractivity (Wildman–Crippen MR) is 95.3 cm³/mol. The van der Waals surface area contributed by atoms with Gasteiger partial charge >= 0.3 is 12.0 Å². The van der Waals surface area contributed by atoms with Crippen LogP contribution >= 0.6 is 0 Å². The summed E-state index contributed by atoms with van der Waals surface area (Å²) in [5.41, 5.74) is -1.53. The van der Waals surface area contributed by atoms with Gasteiger partial charge in [0.25, 0.3) is 5.91 Å². The molecule has 2 saturated heterocycles. The number of rotatable bonds is 4. The molecule has 2 aliphatic rings. The van der Waals surface area contributed by atoms with Gasteiger partial charge in [0.05, 0.1) is 13.0 Å². The molecule has 2 aliphatic heterocycles. The third-order valence-corrected chi connectivity index (χ3v) is 5.36. The molecule has 8 nitrogen and oxygen atoms in total. The molecule has 1 aromatic carbocycles. The Morgan fingerprint density at radius 1 is 1.25 bits per heavy atom. The zero-order valence-electron chi connectivity index (χ0n) is 15.7. The number of amides is 4. The molecule has 2 heterocycles. The molecule has 0 saturated carbocycles. The minimum Gasteiger partial charge on any atom is -0.469 e. The number of esters is 1. The third kappa shape index (κ3) is 3.44. The number of carbonyl (C=O) groups excluding carboxylic acids is 4. The van der Waals surface area contributed by atoms with E-state index < -0.39 is 35.7 Å². The summed E-state index contributed by atoms with van der Waals surface area (Å²) in [7, 11) is 1.32. The molecule has 2 fully saturated rings. The van der Waals surface area contributed by atoms with Gasteiger partial charge in [0.15, 0.2) is 0 Å². The number of carbonyl (C=O) groups is 4. The van der Waals surface area contributed by atoms with E-state index in [2.05, 4.69) is 5.32 Å². The number of hydrogen-bond donors (Lipinski definition) is 1. The van der Waals surface area contributed by atoms with Crippen LogP contribution in [-0.4, -0.2) is 60.4 Å². The fourth-order valence-electron chi connectivity index (χ4n) is 3.66. The second-order valence-corrected chi connectivity index (χ2v) is 7.10. The maximum atomic E-state index is 14.2. The second kappa shape index (κ2) is 7.57. The number of halogens is 1. The number of nitrogens with zero attached hydrogens (tertiary/aromatic N) is 2. The minimum atomic E-state index is -1.57. The zero-order valence-corrected chi connectivity index (χ0v) is 15.7. The van der Waals surface area contributed by atoms with Crippen molar-refractivity contribution in [1.82, 2.24) is 15.1 Å². The molecule has 0 aromatic heterocycles. The van der Waals surface area contributed by atoms with Gasteiger partial charge in [-0.1, -0.05) is 18.2 Å². The lowest BCUT2D eigenvalue weighted by Crippen LogP contribution is -2.47. The van der Waals surface area contributed by atoms with Crippen molar-refractivity contribution in [3.8, 4) is 0 Å². The third-order valence-electron chi connectivity index (χ3n) is 5.36. The number of imide groups is 1. The van der Waals surface area contributed by atoms with Gasteiger partial charge in [0.1, 0.15) is 17.9 Å². The Morgan fingerprint density at radius 3 is 2.50 bits per heavy atom. The number of methoxy groups -OCH3 is 1. The first-order valence-electron chi connectivity index (χ1n) is 9.02. The first-order chi connectivity index (χ1) is 13.3. The van der Waals surface area contributed by atoms with Crippen LogP contribution in [0.1, 0.15) is 25.3 Å². The van der Waals surface area contributed by atoms with E-state index in [-0.39, 0.29) is 17.5 Å². The van der Waals surface area contributed by atoms with Crippen molar-refractivity contribution in [2.75, 3.05) is 26.7 Å². The van der Waals surface area contributed by atoms with Crippen molar-refractivity contribution in [3.63, 3.8) is 0 Å². The standard InChI is InChI=1S/C19H22FN3O5/c1-19(13-5-3-4-6-14(13)20)17(26)23(18(27)21-19)11-15(24)22-9-7-12(8-10-22)16(25)28-2/h3-6,12H,7-11H2,1-2H3,(H,21,27)/t19-/m0/s1. The van der Waals surface area contributed by atoms with Crippen molar-refractivity contribution >= 4 is 23.8 Å². The molecule has 9 heteroatoms. The average Bonchev–Trinajstić information content (AvgIpc) is 2.91. The van der Waals surface area contributed by atoms with Crippen LogP contribution in [-0.2, 0) is 24.7 Å². The van der Waals surface area contributed by atoms with Crippen molar-refractivity contribution < 1.29 is 28.3 Å². The number of benzene rings is 1. The van der Waals surface area contributed by atoms with E-state index in [0.29, 0.717) is 25.9 Å². The number of likely N-dealkylation sites (tertiary alicyclic amines) is 1. The fourth-order valence-corrected chi connectivity index (χ4v) is 3.66. The van der Waals surface area contributed by atoms with E-state index in [0.717, 1.165) is 4.90 Å². The number of hydrogen-bond acceptors (Lipinski definition) is 5. The lowest BCUT2D eigenvalue weighted by Gasteiger charge is -2.31. The number of piperidine rings is 1. The highest BCUT2D eigenvalue weighted by atomic mass is 19.1. The van der Waals surface area contributed by atoms with Gasteiger partial charge in [0.2, 0.25) is 5.91 Å². The van der Waals surface area contributed by atoms with Crippen LogP contribution in [0, 0.1) is 11.7 Å². The molecule has 3 rings (SSSR count). The van der Waals surface area contributed by atoms with Gasteiger partial charge in [-0.15, -0.1) is 0 Å². The Labute approximate surface area is 161 Å². The van der Waals surface area contributed by atoms with Crippen LogP contribution in [0.3, 0.4) is 0 Å². The van der Waals surface area contributed by atoms with Gasteiger partial charge in [0, 0.05) is 18.7 Å². The molecular formula is C19H22FN3O5. The largest absolute Gasteiger partial charge is 0.469 e. The summed E-state index contributed by atoms with van der Waals surface area (Å²) >= 11 is 0. The van der Waals surface area contributed by atoms with Crippen LogP contribution in [0.25, 0.3) is 0 Å². The van der Waals surface area contributed by atoms with Crippen molar-refractivity contribution in [2.24, 2.45) is 5.92 Å². The van der Waals surface area contributed by atoms with E-state index in [1.807, 2.05) is 0 Å². The van der Waals surface area contributed by atoms with Crippen LogP contribution in [0.2, 0.25) is 0 Å². The Balaban J connectivity index is 1.67. The van der Waals surface area contributed by atoms with Gasteiger partial charge in [-0.2, -0.15) is 0 Å². The quantitative estimate of drug-likeness (QED) is 0.610. The van der Waals surface area contributed by atoms with E-state index in [9.17, 15) is 23.6 Å². The van der Waals surface area contributed by atoms with Crippen LogP contribution in [0.15, 0.2) is 24.3 Å². The van der Waals surface area contributed by atoms with E-state index >= 15 is 0 Å². The normalized spacial score (nSPS) is 23.0. The molecule has 4 amide bonds. The molecule has 1 aromatic rings. The molecule has 1 atom stereocenters. The number of nitrogens with one attached hydrogen (secondary N) is 1. The number of ether oxygens (including phenoxy) is 1. The van der Waals surface area contributed by atoms with Crippen LogP contribution in [0.5, 0.6) is 0 Å². The summed E-state index contributed by atoms with van der Waals surface area (Å²) < 4.78 is 18.9. The van der Waals surface area contributed by atoms with Gasteiger partial charge in [-0.3, -0.25) is 19.3 Å². The lowest BCUT2D eigenvalue weighted by atomic mass is 9.91.